The summed E-state index contributed by atoms with van der Waals surface area (Å²) >= 11 is 1.45. The van der Waals surface area contributed by atoms with E-state index in [-0.39, 0.29) is 41.5 Å². The van der Waals surface area contributed by atoms with Gasteiger partial charge in [-0.15, -0.1) is 11.3 Å². The summed E-state index contributed by atoms with van der Waals surface area (Å²) in [5.41, 5.74) is -0.525. The minimum atomic E-state index is -0.852. The normalized spacial score (nSPS) is 27.0. The number of nitrogens with zero attached hydrogens (tertiary/aromatic N) is 3. The van der Waals surface area contributed by atoms with Gasteiger partial charge in [0, 0.05) is 57.6 Å². The van der Waals surface area contributed by atoms with E-state index in [2.05, 4.69) is 29.5 Å². The second-order valence-electron chi connectivity index (χ2n) is 14.9. The van der Waals surface area contributed by atoms with Crippen LogP contribution in [0.4, 0.5) is 0 Å². The van der Waals surface area contributed by atoms with E-state index in [0.29, 0.717) is 43.0 Å². The number of carbonyl (C=O) groups is 4. The SMILES string of the molecule is CNC(=O)[C@@H](NC(=O)[C@H]1CN(C(=O)c2cnc(CC3CC3)s2)CC12CN(C(=O)[C@H]1CC1(C)C)C2)[C@@H](C)OCC1CCCCC1. The molecule has 0 unspecified atom stereocenters. The van der Waals surface area contributed by atoms with Crippen LogP contribution in [0.2, 0.25) is 0 Å². The van der Waals surface area contributed by atoms with Crippen LogP contribution < -0.4 is 10.6 Å². The fraction of sp³-hybridized carbons (Fsp3) is 0.788. The third-order valence-corrected chi connectivity index (χ3v) is 11.9. The second-order valence-corrected chi connectivity index (χ2v) is 16.1. The van der Waals surface area contributed by atoms with Crippen LogP contribution in [0.25, 0.3) is 0 Å². The van der Waals surface area contributed by atoms with Gasteiger partial charge in [-0.1, -0.05) is 33.1 Å². The van der Waals surface area contributed by atoms with Crippen molar-refractivity contribution in [2.24, 2.45) is 34.5 Å². The van der Waals surface area contributed by atoms with E-state index >= 15 is 0 Å². The van der Waals surface area contributed by atoms with Crippen molar-refractivity contribution in [3.63, 3.8) is 0 Å². The molecule has 5 fully saturated rings. The molecule has 3 saturated carbocycles. The molecule has 0 bridgehead atoms. The summed E-state index contributed by atoms with van der Waals surface area (Å²) in [6.45, 7) is 8.16. The quantitative estimate of drug-likeness (QED) is 0.389. The molecule has 4 atom stereocenters. The Balaban J connectivity index is 1.15. The van der Waals surface area contributed by atoms with Crippen LogP contribution >= 0.6 is 11.3 Å². The largest absolute Gasteiger partial charge is 0.376 e. The molecule has 4 amide bonds. The summed E-state index contributed by atoms with van der Waals surface area (Å²) < 4.78 is 6.18. The Labute approximate surface area is 265 Å². The zero-order valence-electron chi connectivity index (χ0n) is 26.7. The Bertz CT molecular complexity index is 1260. The molecular formula is C33H49N5O5S. The first-order valence-electron chi connectivity index (χ1n) is 16.7. The second kappa shape index (κ2) is 12.3. The third kappa shape index (κ3) is 6.55. The lowest BCUT2D eigenvalue weighted by molar-refractivity contribution is -0.152. The maximum absolute atomic E-state index is 14.1. The molecule has 3 aliphatic carbocycles. The number of thiazole rings is 1. The van der Waals surface area contributed by atoms with Crippen molar-refractivity contribution < 1.29 is 23.9 Å². The fourth-order valence-corrected chi connectivity index (χ4v) is 8.56. The number of likely N-dealkylation sites (N-methyl/N-ethyl adjacent to an activating group) is 1. The number of ether oxygens (including phenoxy) is 1. The molecule has 1 aromatic heterocycles. The highest BCUT2D eigenvalue weighted by atomic mass is 32.1. The standard InChI is InChI=1S/C33H49N5O5S/c1-20(43-16-22-8-6-5-7-9-22)27(29(40)34-4)36-28(39)24-15-37(31(42)25-14-35-26(44-25)12-21-10-11-21)17-33(24)18-38(19-33)30(41)23-13-32(23,2)3/h14,20-24,27H,5-13,15-19H2,1-4H3,(H,34,40)(H,36,39)/t20-,23-,24-,27+/m1/s1. The lowest BCUT2D eigenvalue weighted by atomic mass is 9.70. The van der Waals surface area contributed by atoms with Crippen molar-refractivity contribution in [2.45, 2.75) is 90.7 Å². The molecule has 2 saturated heterocycles. The Kier molecular flexibility index (Phi) is 8.82. The summed E-state index contributed by atoms with van der Waals surface area (Å²) in [6, 6.07) is -0.852. The number of nitrogens with one attached hydrogen (secondary N) is 2. The summed E-state index contributed by atoms with van der Waals surface area (Å²) in [6.07, 6.45) is 11.4. The minimum Gasteiger partial charge on any atom is -0.376 e. The van der Waals surface area contributed by atoms with E-state index in [1.165, 1.54) is 43.4 Å². The van der Waals surface area contributed by atoms with Crippen LogP contribution in [0, 0.1) is 34.5 Å². The van der Waals surface area contributed by atoms with Crippen molar-refractivity contribution in [1.29, 1.82) is 0 Å². The monoisotopic (exact) mass is 627 g/mol. The summed E-state index contributed by atoms with van der Waals surface area (Å²) in [7, 11) is 1.56. The first-order valence-corrected chi connectivity index (χ1v) is 17.5. The summed E-state index contributed by atoms with van der Waals surface area (Å²) in [4.78, 5) is 62.7. The maximum atomic E-state index is 14.1. The molecule has 11 heteroatoms. The van der Waals surface area contributed by atoms with Gasteiger partial charge in [-0.3, -0.25) is 19.2 Å². The van der Waals surface area contributed by atoms with E-state index in [1.54, 1.807) is 18.1 Å². The molecule has 1 aromatic rings. The van der Waals surface area contributed by atoms with Crippen LogP contribution in [-0.2, 0) is 25.5 Å². The Hall–Kier alpha value is -2.53. The first kappa shape index (κ1) is 31.5. The number of hydrogen-bond donors (Lipinski definition) is 2. The smallest absolute Gasteiger partial charge is 0.265 e. The molecule has 3 heterocycles. The van der Waals surface area contributed by atoms with Gasteiger partial charge in [-0.2, -0.15) is 0 Å². The summed E-state index contributed by atoms with van der Waals surface area (Å²) in [5, 5.41) is 6.70. The number of hydrogen-bond acceptors (Lipinski definition) is 7. The lowest BCUT2D eigenvalue weighted by Gasteiger charge is -2.50. The molecule has 6 rings (SSSR count). The topological polar surface area (TPSA) is 121 Å². The average Bonchev–Trinajstić information content (AvgIpc) is 3.80. The van der Waals surface area contributed by atoms with Gasteiger partial charge in [0.1, 0.15) is 10.9 Å². The lowest BCUT2D eigenvalue weighted by Crippen LogP contribution is -2.65. The molecule has 2 aliphatic heterocycles. The zero-order valence-corrected chi connectivity index (χ0v) is 27.5. The van der Waals surface area contributed by atoms with Crippen LogP contribution in [0.1, 0.15) is 86.8 Å². The number of rotatable bonds is 11. The van der Waals surface area contributed by atoms with Crippen molar-refractivity contribution in [1.82, 2.24) is 25.4 Å². The Morgan fingerprint density at radius 1 is 1.02 bits per heavy atom. The van der Waals surface area contributed by atoms with E-state index in [0.717, 1.165) is 30.7 Å². The van der Waals surface area contributed by atoms with Gasteiger partial charge in [-0.05, 0) is 56.3 Å². The van der Waals surface area contributed by atoms with Crippen molar-refractivity contribution in [3.05, 3.63) is 16.1 Å². The number of carbonyl (C=O) groups excluding carboxylic acids is 4. The zero-order chi connectivity index (χ0) is 31.2. The van der Waals surface area contributed by atoms with Gasteiger partial charge in [0.2, 0.25) is 17.7 Å². The first-order chi connectivity index (χ1) is 21.0. The Morgan fingerprint density at radius 2 is 1.70 bits per heavy atom. The van der Waals surface area contributed by atoms with Crippen molar-refractivity contribution in [2.75, 3.05) is 39.8 Å². The Morgan fingerprint density at radius 3 is 2.34 bits per heavy atom. The molecule has 10 nitrogen and oxygen atoms in total. The van der Waals surface area contributed by atoms with Crippen LogP contribution in [0.15, 0.2) is 6.20 Å². The van der Waals surface area contributed by atoms with Gasteiger partial charge in [0.15, 0.2) is 0 Å². The average molecular weight is 628 g/mol. The number of aromatic nitrogens is 1. The molecule has 1 spiro atoms. The maximum Gasteiger partial charge on any atom is 0.265 e. The highest BCUT2D eigenvalue weighted by Gasteiger charge is 2.62. The van der Waals surface area contributed by atoms with E-state index in [9.17, 15) is 19.2 Å². The highest BCUT2D eigenvalue weighted by molar-refractivity contribution is 7.13. The van der Waals surface area contributed by atoms with Gasteiger partial charge < -0.3 is 25.2 Å². The van der Waals surface area contributed by atoms with Crippen LogP contribution in [-0.4, -0.2) is 90.4 Å². The molecule has 5 aliphatic rings. The molecule has 2 N–H and O–H groups in total. The van der Waals surface area contributed by atoms with Crippen LogP contribution in [0.3, 0.4) is 0 Å². The highest BCUT2D eigenvalue weighted by Crippen LogP contribution is 2.54. The number of amides is 4. The predicted molar refractivity (Wildman–Crippen MR) is 167 cm³/mol. The third-order valence-electron chi connectivity index (χ3n) is 10.9. The van der Waals surface area contributed by atoms with Crippen LogP contribution in [0.5, 0.6) is 0 Å². The van der Waals surface area contributed by atoms with Gasteiger partial charge in [0.25, 0.3) is 5.91 Å². The van der Waals surface area contributed by atoms with E-state index in [1.807, 2.05) is 11.8 Å². The molecule has 44 heavy (non-hydrogen) atoms. The molecule has 0 radical (unpaired) electrons. The van der Waals surface area contributed by atoms with Crippen molar-refractivity contribution >= 4 is 35.0 Å². The number of likely N-dealkylation sites (tertiary alicyclic amines) is 2. The van der Waals surface area contributed by atoms with E-state index in [4.69, 9.17) is 4.74 Å². The molecule has 0 aromatic carbocycles. The molecule has 242 valence electrons. The van der Waals surface area contributed by atoms with Gasteiger partial charge in [-0.25, -0.2) is 4.98 Å². The van der Waals surface area contributed by atoms with E-state index < -0.39 is 23.5 Å². The predicted octanol–water partition coefficient (Wildman–Crippen LogP) is 3.26. The van der Waals surface area contributed by atoms with Gasteiger partial charge in [0.05, 0.1) is 23.2 Å². The summed E-state index contributed by atoms with van der Waals surface area (Å²) in [5.74, 6) is 0.112. The van der Waals surface area contributed by atoms with Gasteiger partial charge >= 0.3 is 0 Å². The molecular weight excluding hydrogens is 578 g/mol. The minimum absolute atomic E-state index is 0.0210. The fourth-order valence-electron chi connectivity index (χ4n) is 7.56. The van der Waals surface area contributed by atoms with Crippen molar-refractivity contribution in [3.8, 4) is 0 Å².